The Bertz CT molecular complexity index is 1390. The highest BCUT2D eigenvalue weighted by molar-refractivity contribution is 7.18. The van der Waals surface area contributed by atoms with Crippen LogP contribution in [0, 0.1) is 6.92 Å². The van der Waals surface area contributed by atoms with E-state index in [0.717, 1.165) is 41.4 Å². The molecule has 1 amide bonds. The van der Waals surface area contributed by atoms with Gasteiger partial charge >= 0.3 is 0 Å². The first-order valence-electron chi connectivity index (χ1n) is 12.9. The minimum atomic E-state index is -0.598. The van der Waals surface area contributed by atoms with Gasteiger partial charge in [0.1, 0.15) is 30.0 Å². The molecule has 3 aromatic carbocycles. The minimum Gasteiger partial charge on any atom is -0.491 e. The summed E-state index contributed by atoms with van der Waals surface area (Å²) in [6.07, 6.45) is -0.598. The van der Waals surface area contributed by atoms with Gasteiger partial charge in [-0.2, -0.15) is 0 Å². The summed E-state index contributed by atoms with van der Waals surface area (Å²) in [6.45, 7) is 6.14. The molecule has 8 nitrogen and oxygen atoms in total. The summed E-state index contributed by atoms with van der Waals surface area (Å²) in [5, 5.41) is 15.1. The van der Waals surface area contributed by atoms with Crippen molar-refractivity contribution in [2.75, 3.05) is 51.2 Å². The normalized spacial score (nSPS) is 15.3. The maximum Gasteiger partial charge on any atom is 0.238 e. The largest absolute Gasteiger partial charge is 0.491 e. The number of rotatable bonds is 10. The van der Waals surface area contributed by atoms with Crippen molar-refractivity contribution in [3.05, 3.63) is 76.8 Å². The van der Waals surface area contributed by atoms with Crippen molar-refractivity contribution in [1.29, 1.82) is 0 Å². The number of nitrogens with one attached hydrogen (secondary N) is 1. The Morgan fingerprint density at radius 1 is 1.00 bits per heavy atom. The number of nitrogens with zero attached hydrogens (tertiary/aromatic N) is 3. The molecule has 5 rings (SSSR count). The van der Waals surface area contributed by atoms with Crippen molar-refractivity contribution < 1.29 is 19.4 Å². The second-order valence-corrected chi connectivity index (χ2v) is 11.2. The van der Waals surface area contributed by atoms with Gasteiger partial charge in [0.25, 0.3) is 0 Å². The summed E-state index contributed by atoms with van der Waals surface area (Å²) in [5.41, 5.74) is 1.64. The van der Waals surface area contributed by atoms with Crippen molar-refractivity contribution in [3.63, 3.8) is 0 Å². The summed E-state index contributed by atoms with van der Waals surface area (Å²) in [7, 11) is 0. The average Bonchev–Trinajstić information content (AvgIpc) is 3.30. The first-order valence-corrected chi connectivity index (χ1v) is 14.1. The number of amides is 1. The number of aliphatic hydroxyl groups is 1. The summed E-state index contributed by atoms with van der Waals surface area (Å²) in [5.74, 6) is 2.02. The quantitative estimate of drug-likeness (QED) is 0.278. The third kappa shape index (κ3) is 7.90. The van der Waals surface area contributed by atoms with Gasteiger partial charge in [0.2, 0.25) is 5.91 Å². The van der Waals surface area contributed by atoms with Crippen LogP contribution < -0.4 is 14.8 Å². The number of piperazine rings is 1. The summed E-state index contributed by atoms with van der Waals surface area (Å²) in [6, 6.07) is 20.3. The van der Waals surface area contributed by atoms with Crippen LogP contribution in [0.2, 0.25) is 5.02 Å². The van der Waals surface area contributed by atoms with Gasteiger partial charge in [0, 0.05) is 49.5 Å². The van der Waals surface area contributed by atoms with Crippen LogP contribution in [0.4, 0.5) is 5.69 Å². The zero-order chi connectivity index (χ0) is 27.2. The molecule has 0 aliphatic carbocycles. The number of carbonyl (C=O) groups is 1. The Hall–Kier alpha value is -3.21. The van der Waals surface area contributed by atoms with E-state index >= 15 is 0 Å². The third-order valence-electron chi connectivity index (χ3n) is 6.40. The smallest absolute Gasteiger partial charge is 0.238 e. The van der Waals surface area contributed by atoms with Crippen molar-refractivity contribution in [2.24, 2.45) is 0 Å². The first kappa shape index (κ1) is 27.4. The van der Waals surface area contributed by atoms with Gasteiger partial charge in [-0.15, -0.1) is 11.3 Å². The number of carbonyl (C=O) groups excluding carboxylic acids is 1. The number of hydrogen-bond donors (Lipinski definition) is 2. The molecule has 1 saturated heterocycles. The van der Waals surface area contributed by atoms with E-state index in [1.165, 1.54) is 0 Å². The molecular weight excluding hydrogens is 536 g/mol. The van der Waals surface area contributed by atoms with Gasteiger partial charge in [-0.3, -0.25) is 14.6 Å². The monoisotopic (exact) mass is 566 g/mol. The van der Waals surface area contributed by atoms with Gasteiger partial charge in [0.05, 0.1) is 21.8 Å². The molecule has 1 atom stereocenters. The molecule has 39 heavy (non-hydrogen) atoms. The zero-order valence-corrected chi connectivity index (χ0v) is 23.3. The minimum absolute atomic E-state index is 0.0597. The lowest BCUT2D eigenvalue weighted by atomic mass is 10.2. The van der Waals surface area contributed by atoms with E-state index in [4.69, 9.17) is 21.1 Å². The van der Waals surface area contributed by atoms with E-state index in [9.17, 15) is 9.90 Å². The maximum absolute atomic E-state index is 12.6. The van der Waals surface area contributed by atoms with E-state index in [1.54, 1.807) is 35.6 Å². The standard InChI is InChI=1S/C29H31ClN4O4S/c1-20-31-27-16-26(10-11-28(27)39-20)37-19-23(35)17-33-12-14-34(15-13-33)18-29(36)32-22-4-8-25(9-5-22)38-24-6-2-21(30)3-7-24/h2-11,16,23,35H,12-15,17-19H2,1H3,(H,32,36). The fraction of sp³-hybridized carbons (Fsp3) is 0.310. The number of β-amino-alcohol motifs (C(OH)–C–C–N with tert-alkyl or cyclic N) is 1. The molecular formula is C29H31ClN4O4S. The van der Waals surface area contributed by atoms with Gasteiger partial charge < -0.3 is 19.9 Å². The number of thiazole rings is 1. The van der Waals surface area contributed by atoms with E-state index in [0.29, 0.717) is 41.0 Å². The van der Waals surface area contributed by atoms with Crippen molar-refractivity contribution in [3.8, 4) is 17.2 Å². The molecule has 204 valence electrons. The van der Waals surface area contributed by atoms with Gasteiger partial charge in [-0.25, -0.2) is 4.98 Å². The third-order valence-corrected chi connectivity index (χ3v) is 7.60. The van der Waals surface area contributed by atoms with Gasteiger partial charge in [-0.1, -0.05) is 11.6 Å². The van der Waals surface area contributed by atoms with Crippen LogP contribution in [0.15, 0.2) is 66.7 Å². The second kappa shape index (κ2) is 12.8. The molecule has 0 bridgehead atoms. The van der Waals surface area contributed by atoms with Crippen LogP contribution in [0.1, 0.15) is 5.01 Å². The number of aryl methyl sites for hydroxylation is 1. The van der Waals surface area contributed by atoms with E-state index in [1.807, 2.05) is 49.4 Å². The topological polar surface area (TPSA) is 87.2 Å². The van der Waals surface area contributed by atoms with Gasteiger partial charge in [0.15, 0.2) is 0 Å². The number of anilines is 1. The van der Waals surface area contributed by atoms with E-state index < -0.39 is 6.10 Å². The van der Waals surface area contributed by atoms with Gasteiger partial charge in [-0.05, 0) is 67.6 Å². The first-order chi connectivity index (χ1) is 18.9. The molecule has 0 radical (unpaired) electrons. The van der Waals surface area contributed by atoms with E-state index in [2.05, 4.69) is 20.1 Å². The summed E-state index contributed by atoms with van der Waals surface area (Å²) >= 11 is 7.56. The molecule has 0 spiro atoms. The second-order valence-electron chi connectivity index (χ2n) is 9.53. The SMILES string of the molecule is Cc1nc2cc(OCC(O)CN3CCN(CC(=O)Nc4ccc(Oc5ccc(Cl)cc5)cc4)CC3)ccc2s1. The highest BCUT2D eigenvalue weighted by Crippen LogP contribution is 2.26. The number of hydrogen-bond acceptors (Lipinski definition) is 8. The Morgan fingerprint density at radius 2 is 1.64 bits per heavy atom. The molecule has 2 heterocycles. The molecule has 0 saturated carbocycles. The molecule has 1 unspecified atom stereocenters. The molecule has 1 aromatic heterocycles. The fourth-order valence-corrected chi connectivity index (χ4v) is 5.37. The average molecular weight is 567 g/mol. The number of ether oxygens (including phenoxy) is 2. The van der Waals surface area contributed by atoms with Crippen molar-refractivity contribution in [2.45, 2.75) is 13.0 Å². The molecule has 1 aliphatic rings. The Labute approximate surface area is 236 Å². The van der Waals surface area contributed by atoms with Crippen molar-refractivity contribution in [1.82, 2.24) is 14.8 Å². The number of benzene rings is 3. The zero-order valence-electron chi connectivity index (χ0n) is 21.7. The number of halogens is 1. The van der Waals surface area contributed by atoms with Crippen LogP contribution in [0.3, 0.4) is 0 Å². The van der Waals surface area contributed by atoms with Crippen LogP contribution in [0.5, 0.6) is 17.2 Å². The lowest BCUT2D eigenvalue weighted by Gasteiger charge is -2.35. The molecule has 1 aliphatic heterocycles. The highest BCUT2D eigenvalue weighted by atomic mass is 35.5. The van der Waals surface area contributed by atoms with Crippen molar-refractivity contribution >= 4 is 44.7 Å². The lowest BCUT2D eigenvalue weighted by molar-refractivity contribution is -0.117. The van der Waals surface area contributed by atoms with Crippen LogP contribution in [-0.2, 0) is 4.79 Å². The Morgan fingerprint density at radius 3 is 2.36 bits per heavy atom. The summed E-state index contributed by atoms with van der Waals surface area (Å²) in [4.78, 5) is 21.4. The fourth-order valence-electron chi connectivity index (χ4n) is 4.43. The number of aromatic nitrogens is 1. The maximum atomic E-state index is 12.6. The molecule has 4 aromatic rings. The molecule has 1 fully saturated rings. The predicted molar refractivity (Wildman–Crippen MR) is 155 cm³/mol. The summed E-state index contributed by atoms with van der Waals surface area (Å²) < 4.78 is 12.7. The molecule has 10 heteroatoms. The Kier molecular flexibility index (Phi) is 8.95. The van der Waals surface area contributed by atoms with E-state index in [-0.39, 0.29) is 12.5 Å². The number of fused-ring (bicyclic) bond motifs is 1. The van der Waals surface area contributed by atoms with Crippen LogP contribution >= 0.6 is 22.9 Å². The Balaban J connectivity index is 0.999. The van der Waals surface area contributed by atoms with Crippen LogP contribution in [0.25, 0.3) is 10.2 Å². The van der Waals surface area contributed by atoms with Crippen LogP contribution in [-0.4, -0.2) is 77.8 Å². The molecule has 2 N–H and O–H groups in total. The highest BCUT2D eigenvalue weighted by Gasteiger charge is 2.21. The predicted octanol–water partition coefficient (Wildman–Crippen LogP) is 5.05. The lowest BCUT2D eigenvalue weighted by Crippen LogP contribution is -2.50. The number of aliphatic hydroxyl groups excluding tert-OH is 1.